The number of carboxylic acid groups (broad SMARTS) is 1. The number of halogens is 1. The Balaban J connectivity index is 2.16. The summed E-state index contributed by atoms with van der Waals surface area (Å²) in [7, 11) is 0. The van der Waals surface area contributed by atoms with Crippen molar-refractivity contribution in [2.24, 2.45) is 0 Å². The van der Waals surface area contributed by atoms with E-state index < -0.39 is 5.97 Å². The second kappa shape index (κ2) is 5.25. The van der Waals surface area contributed by atoms with Crippen molar-refractivity contribution >= 4 is 27.5 Å². The van der Waals surface area contributed by atoms with Crippen LogP contribution in [-0.4, -0.2) is 20.9 Å². The van der Waals surface area contributed by atoms with E-state index in [-0.39, 0.29) is 0 Å². The standard InChI is InChI=1S/C15H13BrN2O2/c16-12-5-2-6-13(8-12)18-15-10(7-14(19)20)3-1-4-11(15)9-17-18/h2,5-9H,1,3-4H2,(H,19,20). The van der Waals surface area contributed by atoms with E-state index in [9.17, 15) is 4.79 Å². The van der Waals surface area contributed by atoms with Gasteiger partial charge in [-0.1, -0.05) is 22.0 Å². The van der Waals surface area contributed by atoms with Gasteiger partial charge < -0.3 is 5.11 Å². The second-order valence-electron chi connectivity index (χ2n) is 4.77. The maximum absolute atomic E-state index is 11.0. The number of aryl methyl sites for hydroxylation is 1. The van der Waals surface area contributed by atoms with Crippen LogP contribution < -0.4 is 0 Å². The summed E-state index contributed by atoms with van der Waals surface area (Å²) in [5.74, 6) is -0.908. The number of rotatable bonds is 2. The zero-order valence-corrected chi connectivity index (χ0v) is 12.3. The van der Waals surface area contributed by atoms with Gasteiger partial charge >= 0.3 is 5.97 Å². The van der Waals surface area contributed by atoms with Crippen molar-refractivity contribution in [3.8, 4) is 5.69 Å². The fraction of sp³-hybridized carbons (Fsp3) is 0.200. The summed E-state index contributed by atoms with van der Waals surface area (Å²) in [4.78, 5) is 11.0. The summed E-state index contributed by atoms with van der Waals surface area (Å²) in [6.07, 6.45) is 5.83. The normalized spacial score (nSPS) is 16.1. The molecule has 1 N–H and O–H groups in total. The summed E-state index contributed by atoms with van der Waals surface area (Å²) in [6.45, 7) is 0. The SMILES string of the molecule is O=C(O)C=C1CCCc2cnn(-c3cccc(Br)c3)c21. The van der Waals surface area contributed by atoms with Crippen molar-refractivity contribution < 1.29 is 9.90 Å². The number of carboxylic acids is 1. The smallest absolute Gasteiger partial charge is 0.328 e. The van der Waals surface area contributed by atoms with Crippen LogP contribution in [0, 0.1) is 0 Å². The molecule has 102 valence electrons. The third-order valence-electron chi connectivity index (χ3n) is 3.39. The molecule has 4 nitrogen and oxygen atoms in total. The summed E-state index contributed by atoms with van der Waals surface area (Å²) >= 11 is 3.45. The first kappa shape index (κ1) is 13.1. The molecule has 0 bridgehead atoms. The quantitative estimate of drug-likeness (QED) is 0.857. The van der Waals surface area contributed by atoms with E-state index in [0.29, 0.717) is 0 Å². The lowest BCUT2D eigenvalue weighted by molar-refractivity contribution is -0.131. The number of nitrogens with zero attached hydrogens (tertiary/aromatic N) is 2. The number of allylic oxidation sites excluding steroid dienone is 1. The van der Waals surface area contributed by atoms with Gasteiger partial charge in [-0.2, -0.15) is 5.10 Å². The van der Waals surface area contributed by atoms with Crippen LogP contribution in [-0.2, 0) is 11.2 Å². The molecular weight excluding hydrogens is 320 g/mol. The fourth-order valence-corrected chi connectivity index (χ4v) is 2.98. The highest BCUT2D eigenvalue weighted by Crippen LogP contribution is 2.32. The van der Waals surface area contributed by atoms with Gasteiger partial charge in [0.15, 0.2) is 0 Å². The predicted molar refractivity (Wildman–Crippen MR) is 79.8 cm³/mol. The molecule has 0 unspecified atom stereocenters. The molecule has 0 atom stereocenters. The molecule has 0 fully saturated rings. The molecule has 2 aromatic rings. The maximum Gasteiger partial charge on any atom is 0.328 e. The zero-order chi connectivity index (χ0) is 14.1. The maximum atomic E-state index is 11.0. The Morgan fingerprint density at radius 2 is 2.25 bits per heavy atom. The Morgan fingerprint density at radius 3 is 3.00 bits per heavy atom. The van der Waals surface area contributed by atoms with Crippen molar-refractivity contribution in [2.75, 3.05) is 0 Å². The Kier molecular flexibility index (Phi) is 3.44. The van der Waals surface area contributed by atoms with Crippen LogP contribution >= 0.6 is 15.9 Å². The van der Waals surface area contributed by atoms with E-state index in [4.69, 9.17) is 5.11 Å². The van der Waals surface area contributed by atoms with Gasteiger partial charge in [0.2, 0.25) is 0 Å². The molecule has 5 heteroatoms. The van der Waals surface area contributed by atoms with E-state index in [2.05, 4.69) is 21.0 Å². The predicted octanol–water partition coefficient (Wildman–Crippen LogP) is 3.44. The molecule has 0 aliphatic heterocycles. The molecule has 0 saturated carbocycles. The number of benzene rings is 1. The van der Waals surface area contributed by atoms with Gasteiger partial charge in [0.1, 0.15) is 0 Å². The van der Waals surface area contributed by atoms with Crippen LogP contribution in [0.15, 0.2) is 41.0 Å². The molecule has 20 heavy (non-hydrogen) atoms. The van der Waals surface area contributed by atoms with Gasteiger partial charge in [0.25, 0.3) is 0 Å². The van der Waals surface area contributed by atoms with Crippen molar-refractivity contribution in [3.05, 3.63) is 52.3 Å². The number of aromatic nitrogens is 2. The summed E-state index contributed by atoms with van der Waals surface area (Å²) in [6, 6.07) is 7.83. The molecule has 1 aliphatic carbocycles. The molecule has 0 amide bonds. The summed E-state index contributed by atoms with van der Waals surface area (Å²) in [5, 5.41) is 13.4. The highest BCUT2D eigenvalue weighted by molar-refractivity contribution is 9.10. The van der Waals surface area contributed by atoms with E-state index >= 15 is 0 Å². The van der Waals surface area contributed by atoms with Crippen LogP contribution in [0.3, 0.4) is 0 Å². The van der Waals surface area contributed by atoms with Crippen LogP contribution in [0.2, 0.25) is 0 Å². The number of aliphatic carboxylic acids is 1. The Morgan fingerprint density at radius 1 is 1.40 bits per heavy atom. The van der Waals surface area contributed by atoms with Gasteiger partial charge in [0, 0.05) is 10.5 Å². The van der Waals surface area contributed by atoms with Crippen molar-refractivity contribution in [1.29, 1.82) is 0 Å². The van der Waals surface area contributed by atoms with Crippen molar-refractivity contribution in [1.82, 2.24) is 9.78 Å². The Bertz CT molecular complexity index is 704. The Labute approximate surface area is 124 Å². The number of hydrogen-bond acceptors (Lipinski definition) is 2. The van der Waals surface area contributed by atoms with E-state index in [0.717, 1.165) is 46.3 Å². The first-order valence-electron chi connectivity index (χ1n) is 6.42. The van der Waals surface area contributed by atoms with Crippen LogP contribution in [0.1, 0.15) is 24.1 Å². The van der Waals surface area contributed by atoms with Crippen LogP contribution in [0.4, 0.5) is 0 Å². The van der Waals surface area contributed by atoms with Gasteiger partial charge in [-0.25, -0.2) is 9.48 Å². The average molecular weight is 333 g/mol. The highest BCUT2D eigenvalue weighted by Gasteiger charge is 2.21. The molecule has 0 saturated heterocycles. The van der Waals surface area contributed by atoms with E-state index in [1.54, 1.807) is 0 Å². The van der Waals surface area contributed by atoms with Gasteiger partial charge in [-0.05, 0) is 48.6 Å². The average Bonchev–Trinajstić information content (AvgIpc) is 2.83. The monoisotopic (exact) mass is 332 g/mol. The van der Waals surface area contributed by atoms with Crippen LogP contribution in [0.25, 0.3) is 11.3 Å². The lowest BCUT2D eigenvalue weighted by Gasteiger charge is -2.17. The molecule has 1 heterocycles. The molecular formula is C15H13BrN2O2. The van der Waals surface area contributed by atoms with Gasteiger partial charge in [-0.3, -0.25) is 0 Å². The van der Waals surface area contributed by atoms with Crippen molar-refractivity contribution in [2.45, 2.75) is 19.3 Å². The molecule has 0 radical (unpaired) electrons. The molecule has 1 aromatic carbocycles. The topological polar surface area (TPSA) is 55.1 Å². The molecule has 1 aliphatic rings. The third kappa shape index (κ3) is 2.41. The summed E-state index contributed by atoms with van der Waals surface area (Å²) in [5.41, 5.74) is 3.82. The molecule has 3 rings (SSSR count). The lowest BCUT2D eigenvalue weighted by atomic mass is 9.92. The number of carbonyl (C=O) groups is 1. The van der Waals surface area contributed by atoms with Gasteiger partial charge in [-0.15, -0.1) is 0 Å². The fourth-order valence-electron chi connectivity index (χ4n) is 2.59. The van der Waals surface area contributed by atoms with E-state index in [1.165, 1.54) is 6.08 Å². The van der Waals surface area contributed by atoms with E-state index in [1.807, 2.05) is 35.1 Å². The first-order valence-corrected chi connectivity index (χ1v) is 7.21. The lowest BCUT2D eigenvalue weighted by Crippen LogP contribution is -2.08. The largest absolute Gasteiger partial charge is 0.478 e. The highest BCUT2D eigenvalue weighted by atomic mass is 79.9. The summed E-state index contributed by atoms with van der Waals surface area (Å²) < 4.78 is 2.80. The van der Waals surface area contributed by atoms with Crippen molar-refractivity contribution in [3.63, 3.8) is 0 Å². The van der Waals surface area contributed by atoms with Gasteiger partial charge in [0.05, 0.1) is 17.6 Å². The minimum absolute atomic E-state index is 0.777. The molecule has 1 aromatic heterocycles. The zero-order valence-electron chi connectivity index (χ0n) is 10.7. The molecule has 0 spiro atoms. The number of hydrogen-bond donors (Lipinski definition) is 1. The minimum Gasteiger partial charge on any atom is -0.478 e. The third-order valence-corrected chi connectivity index (χ3v) is 3.89. The number of fused-ring (bicyclic) bond motifs is 1. The van der Waals surface area contributed by atoms with Crippen LogP contribution in [0.5, 0.6) is 0 Å². The second-order valence-corrected chi connectivity index (χ2v) is 5.69. The first-order chi connectivity index (χ1) is 9.65. The minimum atomic E-state index is -0.908. The Hall–Kier alpha value is -1.88.